The normalized spacial score (nSPS) is 16.5. The van der Waals surface area contributed by atoms with Gasteiger partial charge in [0.05, 0.1) is 22.9 Å². The predicted octanol–water partition coefficient (Wildman–Crippen LogP) is 5.17. The number of nitrogens with zero attached hydrogens (tertiary/aromatic N) is 2. The number of anilines is 1. The van der Waals surface area contributed by atoms with E-state index < -0.39 is 28.9 Å². The van der Waals surface area contributed by atoms with Crippen LogP contribution in [0.2, 0.25) is 0 Å². The highest BCUT2D eigenvalue weighted by Gasteiger charge is 2.35. The van der Waals surface area contributed by atoms with Gasteiger partial charge in [0.25, 0.3) is 0 Å². The zero-order valence-corrected chi connectivity index (χ0v) is 18.0. The van der Waals surface area contributed by atoms with E-state index in [2.05, 4.69) is 15.0 Å². The Morgan fingerprint density at radius 1 is 1.21 bits per heavy atom. The van der Waals surface area contributed by atoms with Gasteiger partial charge in [-0.2, -0.15) is 13.2 Å². The average molecular weight is 472 g/mol. The van der Waals surface area contributed by atoms with Gasteiger partial charge in [-0.05, 0) is 30.7 Å². The summed E-state index contributed by atoms with van der Waals surface area (Å²) in [5.74, 6) is -1.01. The number of imidazole rings is 1. The van der Waals surface area contributed by atoms with Crippen LogP contribution in [0.15, 0.2) is 48.7 Å². The number of ether oxygens (including phenoxy) is 1. The summed E-state index contributed by atoms with van der Waals surface area (Å²) < 4.78 is 60.1. The first-order valence-electron chi connectivity index (χ1n) is 10.6. The summed E-state index contributed by atoms with van der Waals surface area (Å²) in [4.78, 5) is 25.0. The molecule has 0 radical (unpaired) electrons. The third-order valence-corrected chi connectivity index (χ3v) is 6.05. The minimum atomic E-state index is -4.65. The Hall–Kier alpha value is -3.66. The fraction of sp³-hybridized carbons (Fsp3) is 0.250. The molecule has 0 aliphatic carbocycles. The number of halogens is 4. The van der Waals surface area contributed by atoms with Crippen molar-refractivity contribution in [1.82, 2.24) is 15.0 Å². The van der Waals surface area contributed by atoms with Crippen LogP contribution in [0.5, 0.6) is 0 Å². The van der Waals surface area contributed by atoms with Gasteiger partial charge in [0.1, 0.15) is 5.52 Å². The summed E-state index contributed by atoms with van der Waals surface area (Å²) in [7, 11) is 1.65. The lowest BCUT2D eigenvalue weighted by Crippen LogP contribution is -2.22. The molecule has 10 heteroatoms. The number of hydrogen-bond donors (Lipinski definition) is 2. The molecular weight excluding hydrogens is 452 g/mol. The maximum absolute atomic E-state index is 14.8. The van der Waals surface area contributed by atoms with Gasteiger partial charge in [-0.25, -0.2) is 9.37 Å². The van der Waals surface area contributed by atoms with Crippen LogP contribution in [0.4, 0.5) is 23.2 Å². The van der Waals surface area contributed by atoms with E-state index in [0.29, 0.717) is 23.4 Å². The molecular formula is C24H20F4N4O2. The second-order valence-corrected chi connectivity index (χ2v) is 8.18. The second-order valence-electron chi connectivity index (χ2n) is 8.18. The van der Waals surface area contributed by atoms with Crippen LogP contribution in [0, 0.1) is 5.82 Å². The van der Waals surface area contributed by atoms with Gasteiger partial charge in [-0.3, -0.25) is 4.79 Å². The molecule has 2 N–H and O–H groups in total. The van der Waals surface area contributed by atoms with Crippen molar-refractivity contribution in [2.24, 2.45) is 0 Å². The highest BCUT2D eigenvalue weighted by Crippen LogP contribution is 2.34. The molecule has 2 aromatic carbocycles. The van der Waals surface area contributed by atoms with Crippen molar-refractivity contribution in [2.45, 2.75) is 18.7 Å². The molecule has 1 aliphatic heterocycles. The van der Waals surface area contributed by atoms with Gasteiger partial charge in [0, 0.05) is 43.2 Å². The third-order valence-electron chi connectivity index (χ3n) is 6.05. The van der Waals surface area contributed by atoms with Crippen LogP contribution in [-0.2, 0) is 10.9 Å². The van der Waals surface area contributed by atoms with E-state index in [0.717, 1.165) is 25.1 Å². The van der Waals surface area contributed by atoms with Gasteiger partial charge in [0.15, 0.2) is 17.4 Å². The third kappa shape index (κ3) is 3.94. The SMILES string of the molecule is CO[C@@H]1CCN(c2cc(F)c3nc(-c4cc(C(=O)c5ccccc5C(F)(F)F)c[nH]4)[nH]c3c2)C1. The number of carbonyl (C=O) groups excluding carboxylic acids is 1. The highest BCUT2D eigenvalue weighted by atomic mass is 19.4. The standard InChI is InChI=1S/C24H20F4N4O2/c1-34-15-6-7-32(12-15)14-9-18(25)21-19(10-14)30-23(31-21)20-8-13(11-29-20)22(33)16-4-2-3-5-17(16)24(26,27)28/h2-5,8-11,15,29H,6-7,12H2,1H3,(H,30,31)/t15-/m1/s1. The Morgan fingerprint density at radius 3 is 2.74 bits per heavy atom. The molecule has 3 heterocycles. The second kappa shape index (κ2) is 8.28. The van der Waals surface area contributed by atoms with Crippen LogP contribution in [0.1, 0.15) is 27.9 Å². The molecule has 6 nitrogen and oxygen atoms in total. The van der Waals surface area contributed by atoms with E-state index in [4.69, 9.17) is 4.74 Å². The summed E-state index contributed by atoms with van der Waals surface area (Å²) in [6.07, 6.45) is -2.40. The number of ketones is 1. The fourth-order valence-electron chi connectivity index (χ4n) is 4.27. The van der Waals surface area contributed by atoms with E-state index in [1.165, 1.54) is 30.5 Å². The Labute approximate surface area is 191 Å². The summed E-state index contributed by atoms with van der Waals surface area (Å²) in [5, 5.41) is 0. The highest BCUT2D eigenvalue weighted by molar-refractivity contribution is 6.10. The fourth-order valence-corrected chi connectivity index (χ4v) is 4.27. The number of aromatic amines is 2. The predicted molar refractivity (Wildman–Crippen MR) is 118 cm³/mol. The van der Waals surface area contributed by atoms with Crippen LogP contribution in [0.3, 0.4) is 0 Å². The van der Waals surface area contributed by atoms with Gasteiger partial charge in [-0.15, -0.1) is 0 Å². The summed E-state index contributed by atoms with van der Waals surface area (Å²) in [6, 6.07) is 9.24. The van der Waals surface area contributed by atoms with Crippen molar-refractivity contribution in [2.75, 3.05) is 25.1 Å². The van der Waals surface area contributed by atoms with Crippen LogP contribution >= 0.6 is 0 Å². The summed E-state index contributed by atoms with van der Waals surface area (Å²) in [5.41, 5.74) is 0.244. The van der Waals surface area contributed by atoms with E-state index in [-0.39, 0.29) is 23.0 Å². The average Bonchev–Trinajstić information content (AvgIpc) is 3.56. The molecule has 1 aliphatic rings. The number of aromatic nitrogens is 3. The number of nitrogens with one attached hydrogen (secondary N) is 2. The zero-order valence-electron chi connectivity index (χ0n) is 18.0. The molecule has 1 atom stereocenters. The number of methoxy groups -OCH3 is 1. The quantitative estimate of drug-likeness (QED) is 0.310. The lowest BCUT2D eigenvalue weighted by atomic mass is 9.99. The Morgan fingerprint density at radius 2 is 2.00 bits per heavy atom. The first-order chi connectivity index (χ1) is 16.2. The molecule has 176 valence electrons. The van der Waals surface area contributed by atoms with Crippen molar-refractivity contribution < 1.29 is 27.1 Å². The molecule has 0 saturated carbocycles. The lowest BCUT2D eigenvalue weighted by molar-refractivity contribution is -0.137. The number of alkyl halides is 3. The van der Waals surface area contributed by atoms with E-state index in [1.807, 2.05) is 4.90 Å². The monoisotopic (exact) mass is 472 g/mol. The van der Waals surface area contributed by atoms with Crippen molar-refractivity contribution in [3.05, 3.63) is 71.2 Å². The van der Waals surface area contributed by atoms with Gasteiger partial charge in [0.2, 0.25) is 0 Å². The number of H-pyrrole nitrogens is 2. The van der Waals surface area contributed by atoms with Crippen molar-refractivity contribution in [3.63, 3.8) is 0 Å². The van der Waals surface area contributed by atoms with E-state index >= 15 is 0 Å². The Kier molecular flexibility index (Phi) is 5.40. The largest absolute Gasteiger partial charge is 0.417 e. The molecule has 4 aromatic rings. The Balaban J connectivity index is 1.45. The minimum absolute atomic E-state index is 0.0380. The zero-order chi connectivity index (χ0) is 24.0. The van der Waals surface area contributed by atoms with Gasteiger partial charge >= 0.3 is 6.18 Å². The summed E-state index contributed by atoms with van der Waals surface area (Å²) >= 11 is 0. The molecule has 0 unspecified atom stereocenters. The molecule has 5 rings (SSSR count). The van der Waals surface area contributed by atoms with E-state index in [1.54, 1.807) is 13.2 Å². The topological polar surface area (TPSA) is 74.0 Å². The molecule has 0 spiro atoms. The van der Waals surface area contributed by atoms with Crippen LogP contribution in [-0.4, -0.2) is 47.0 Å². The molecule has 0 amide bonds. The smallest absolute Gasteiger partial charge is 0.380 e. The molecule has 1 fully saturated rings. The molecule has 2 aromatic heterocycles. The lowest BCUT2D eigenvalue weighted by Gasteiger charge is -2.18. The van der Waals surface area contributed by atoms with Crippen molar-refractivity contribution >= 4 is 22.5 Å². The first kappa shape index (κ1) is 22.1. The molecule has 0 bridgehead atoms. The number of rotatable bonds is 5. The number of hydrogen-bond acceptors (Lipinski definition) is 4. The van der Waals surface area contributed by atoms with E-state index in [9.17, 15) is 22.4 Å². The number of fused-ring (bicyclic) bond motifs is 1. The maximum Gasteiger partial charge on any atom is 0.417 e. The molecule has 34 heavy (non-hydrogen) atoms. The number of benzene rings is 2. The summed E-state index contributed by atoms with van der Waals surface area (Å²) in [6.45, 7) is 1.40. The molecule has 1 saturated heterocycles. The maximum atomic E-state index is 14.8. The number of carbonyl (C=O) groups is 1. The van der Waals surface area contributed by atoms with Gasteiger partial charge < -0.3 is 19.6 Å². The van der Waals surface area contributed by atoms with Gasteiger partial charge in [-0.1, -0.05) is 18.2 Å². The van der Waals surface area contributed by atoms with Crippen molar-refractivity contribution in [1.29, 1.82) is 0 Å². The van der Waals surface area contributed by atoms with Crippen molar-refractivity contribution in [3.8, 4) is 11.5 Å². The van der Waals surface area contributed by atoms with Crippen LogP contribution in [0.25, 0.3) is 22.6 Å². The Bertz CT molecular complexity index is 1380. The minimum Gasteiger partial charge on any atom is -0.380 e. The first-order valence-corrected chi connectivity index (χ1v) is 10.6. The van der Waals surface area contributed by atoms with Crippen LogP contribution < -0.4 is 4.90 Å².